The van der Waals surface area contributed by atoms with Gasteiger partial charge in [-0.1, -0.05) is 31.2 Å². The smallest absolute Gasteiger partial charge is 0.161 e. The van der Waals surface area contributed by atoms with Crippen molar-refractivity contribution in [2.75, 3.05) is 19.5 Å². The van der Waals surface area contributed by atoms with Gasteiger partial charge in [0, 0.05) is 31.5 Å². The van der Waals surface area contributed by atoms with Gasteiger partial charge in [-0.25, -0.2) is 9.97 Å². The topological polar surface area (TPSA) is 47.0 Å². The quantitative estimate of drug-likeness (QED) is 0.894. The van der Waals surface area contributed by atoms with Crippen molar-refractivity contribution in [1.29, 1.82) is 0 Å². The predicted octanol–water partition coefficient (Wildman–Crippen LogP) is 2.89. The van der Waals surface area contributed by atoms with Gasteiger partial charge < -0.3 is 10.1 Å². The summed E-state index contributed by atoms with van der Waals surface area (Å²) in [4.78, 5) is 9.06. The van der Waals surface area contributed by atoms with E-state index in [0.717, 1.165) is 34.9 Å². The number of methoxy groups -OCH3 is 1. The average Bonchev–Trinajstić information content (AvgIpc) is 2.47. The predicted molar refractivity (Wildman–Crippen MR) is 77.1 cm³/mol. The van der Waals surface area contributed by atoms with Crippen LogP contribution in [0.1, 0.15) is 18.2 Å². The van der Waals surface area contributed by atoms with Crippen LogP contribution in [0.4, 0.5) is 5.82 Å². The van der Waals surface area contributed by atoms with Crippen LogP contribution in [0.2, 0.25) is 0 Å². The van der Waals surface area contributed by atoms with Crippen LogP contribution >= 0.6 is 0 Å². The van der Waals surface area contributed by atoms with Crippen LogP contribution in [0.25, 0.3) is 11.4 Å². The summed E-state index contributed by atoms with van der Waals surface area (Å²) >= 11 is 0. The fourth-order valence-corrected chi connectivity index (χ4v) is 1.85. The summed E-state index contributed by atoms with van der Waals surface area (Å²) in [5, 5.41) is 3.07. The number of rotatable bonds is 5. The fourth-order valence-electron chi connectivity index (χ4n) is 1.85. The second-order valence-corrected chi connectivity index (χ2v) is 4.30. The third kappa shape index (κ3) is 3.29. The second kappa shape index (κ2) is 6.29. The van der Waals surface area contributed by atoms with Crippen LogP contribution in [0.5, 0.6) is 0 Å². The molecule has 19 heavy (non-hydrogen) atoms. The lowest BCUT2D eigenvalue weighted by molar-refractivity contribution is 0.185. The van der Waals surface area contributed by atoms with Gasteiger partial charge in [0.25, 0.3) is 0 Å². The number of nitrogens with one attached hydrogen (secondary N) is 1. The first-order valence-corrected chi connectivity index (χ1v) is 6.40. The molecule has 0 saturated heterocycles. The van der Waals surface area contributed by atoms with Crippen LogP contribution in [0, 0.1) is 0 Å². The Hall–Kier alpha value is -1.94. The molecule has 1 aromatic heterocycles. The van der Waals surface area contributed by atoms with Crippen LogP contribution in [0.15, 0.2) is 30.3 Å². The first-order chi connectivity index (χ1) is 9.26. The highest BCUT2D eigenvalue weighted by Crippen LogP contribution is 2.19. The number of aryl methyl sites for hydroxylation is 1. The minimum absolute atomic E-state index is 0.623. The summed E-state index contributed by atoms with van der Waals surface area (Å²) in [5.41, 5.74) is 3.20. The molecule has 4 nitrogen and oxygen atoms in total. The highest BCUT2D eigenvalue weighted by molar-refractivity contribution is 5.58. The molecule has 0 radical (unpaired) electrons. The molecule has 0 amide bonds. The summed E-state index contributed by atoms with van der Waals surface area (Å²) in [6.07, 6.45) is 0.895. The molecule has 4 heteroatoms. The van der Waals surface area contributed by atoms with Gasteiger partial charge in [-0.05, 0) is 12.0 Å². The minimum Gasteiger partial charge on any atom is -0.380 e. The zero-order chi connectivity index (χ0) is 13.7. The number of hydrogen-bond acceptors (Lipinski definition) is 4. The number of benzene rings is 1. The molecule has 0 bridgehead atoms. The van der Waals surface area contributed by atoms with Crippen molar-refractivity contribution in [1.82, 2.24) is 9.97 Å². The minimum atomic E-state index is 0.623. The molecule has 0 atom stereocenters. The Morgan fingerprint density at radius 3 is 2.47 bits per heavy atom. The lowest BCUT2D eigenvalue weighted by atomic mass is 10.1. The summed E-state index contributed by atoms with van der Waals surface area (Å²) in [6, 6.07) is 10.1. The average molecular weight is 257 g/mol. The molecular weight excluding hydrogens is 238 g/mol. The Morgan fingerprint density at radius 2 is 1.89 bits per heavy atom. The molecular formula is C15H19N3O. The summed E-state index contributed by atoms with van der Waals surface area (Å²) in [5.74, 6) is 1.61. The van der Waals surface area contributed by atoms with E-state index in [-0.39, 0.29) is 0 Å². The largest absolute Gasteiger partial charge is 0.380 e. The highest BCUT2D eigenvalue weighted by Gasteiger charge is 2.05. The lowest BCUT2D eigenvalue weighted by Crippen LogP contribution is -2.00. The van der Waals surface area contributed by atoms with E-state index in [1.54, 1.807) is 7.11 Å². The zero-order valence-electron chi connectivity index (χ0n) is 11.6. The molecule has 0 fully saturated rings. The van der Waals surface area contributed by atoms with Gasteiger partial charge in [0.15, 0.2) is 5.82 Å². The van der Waals surface area contributed by atoms with Crippen molar-refractivity contribution in [3.8, 4) is 11.4 Å². The third-order valence-electron chi connectivity index (χ3n) is 2.92. The summed E-state index contributed by atoms with van der Waals surface area (Å²) in [6.45, 7) is 2.71. The molecule has 0 unspecified atom stereocenters. The van der Waals surface area contributed by atoms with E-state index in [2.05, 4.69) is 22.2 Å². The second-order valence-electron chi connectivity index (χ2n) is 4.30. The first kappa shape index (κ1) is 13.5. The lowest BCUT2D eigenvalue weighted by Gasteiger charge is -2.07. The van der Waals surface area contributed by atoms with E-state index in [9.17, 15) is 0 Å². The van der Waals surface area contributed by atoms with Gasteiger partial charge in [0.05, 0.1) is 6.61 Å². The van der Waals surface area contributed by atoms with Gasteiger partial charge >= 0.3 is 0 Å². The number of hydrogen-bond donors (Lipinski definition) is 1. The van der Waals surface area contributed by atoms with Crippen molar-refractivity contribution >= 4 is 5.82 Å². The first-order valence-electron chi connectivity index (χ1n) is 6.40. The number of nitrogens with zero attached hydrogens (tertiary/aromatic N) is 2. The van der Waals surface area contributed by atoms with Crippen molar-refractivity contribution < 1.29 is 4.74 Å². The summed E-state index contributed by atoms with van der Waals surface area (Å²) < 4.78 is 5.11. The maximum Gasteiger partial charge on any atom is 0.161 e. The molecule has 0 saturated carbocycles. The summed E-state index contributed by atoms with van der Waals surface area (Å²) in [7, 11) is 3.56. The Balaban J connectivity index is 2.34. The van der Waals surface area contributed by atoms with Crippen molar-refractivity contribution in [3.05, 3.63) is 41.6 Å². The van der Waals surface area contributed by atoms with Gasteiger partial charge in [0.1, 0.15) is 5.82 Å². The van der Waals surface area contributed by atoms with Crippen molar-refractivity contribution in [3.63, 3.8) is 0 Å². The Kier molecular flexibility index (Phi) is 4.47. The Morgan fingerprint density at radius 1 is 1.16 bits per heavy atom. The van der Waals surface area contributed by atoms with Crippen LogP contribution in [-0.2, 0) is 17.8 Å². The van der Waals surface area contributed by atoms with Crippen LogP contribution in [-0.4, -0.2) is 24.1 Å². The molecule has 0 spiro atoms. The van der Waals surface area contributed by atoms with E-state index in [0.29, 0.717) is 6.61 Å². The van der Waals surface area contributed by atoms with Crippen LogP contribution in [0.3, 0.4) is 0 Å². The molecule has 1 aromatic carbocycles. The van der Waals surface area contributed by atoms with E-state index < -0.39 is 0 Å². The maximum absolute atomic E-state index is 5.11. The molecule has 0 aliphatic carbocycles. The molecule has 100 valence electrons. The van der Waals surface area contributed by atoms with Gasteiger partial charge in [-0.3, -0.25) is 0 Å². The number of anilines is 1. The van der Waals surface area contributed by atoms with Gasteiger partial charge in [0.2, 0.25) is 0 Å². The monoisotopic (exact) mass is 257 g/mol. The van der Waals surface area contributed by atoms with Gasteiger partial charge in [-0.15, -0.1) is 0 Å². The highest BCUT2D eigenvalue weighted by atomic mass is 16.5. The number of aromatic nitrogens is 2. The Bertz CT molecular complexity index is 515. The number of ether oxygens (including phenoxy) is 1. The normalized spacial score (nSPS) is 10.5. The van der Waals surface area contributed by atoms with Crippen molar-refractivity contribution in [2.45, 2.75) is 20.0 Å². The zero-order valence-corrected chi connectivity index (χ0v) is 11.6. The van der Waals surface area contributed by atoms with E-state index in [1.165, 1.54) is 0 Å². The Labute approximate surface area is 113 Å². The molecule has 0 aliphatic rings. The van der Waals surface area contributed by atoms with E-state index in [4.69, 9.17) is 4.74 Å². The van der Waals surface area contributed by atoms with E-state index in [1.807, 2.05) is 37.4 Å². The van der Waals surface area contributed by atoms with Crippen LogP contribution < -0.4 is 5.32 Å². The SMILES string of the molecule is CCc1cc(NC)nc(-c2ccc(COC)cc2)n1. The molecule has 1 N–H and O–H groups in total. The third-order valence-corrected chi connectivity index (χ3v) is 2.92. The van der Waals surface area contributed by atoms with Crippen molar-refractivity contribution in [2.24, 2.45) is 0 Å². The van der Waals surface area contributed by atoms with E-state index >= 15 is 0 Å². The fraction of sp³-hybridized carbons (Fsp3) is 0.333. The molecule has 0 aliphatic heterocycles. The molecule has 1 heterocycles. The molecule has 2 rings (SSSR count). The maximum atomic E-state index is 5.11. The standard InChI is InChI=1S/C15H19N3O/c1-4-13-9-14(16-2)18-15(17-13)12-7-5-11(6-8-12)10-19-3/h5-9H,4,10H2,1-3H3,(H,16,17,18). The molecule has 2 aromatic rings. The van der Waals surface area contributed by atoms with Gasteiger partial charge in [-0.2, -0.15) is 0 Å².